The average Bonchev–Trinajstić information content (AvgIpc) is 3.18. The molecule has 0 unspecified atom stereocenters. The van der Waals surface area contributed by atoms with Crippen LogP contribution in [0, 0.1) is 0 Å². The molecule has 158 valence electrons. The zero-order valence-electron chi connectivity index (χ0n) is 17.5. The monoisotopic (exact) mass is 418 g/mol. The summed E-state index contributed by atoms with van der Waals surface area (Å²) < 4.78 is 17.7. The number of hydrogen-bond acceptors (Lipinski definition) is 7. The van der Waals surface area contributed by atoms with Crippen LogP contribution in [-0.2, 0) is 16.2 Å². The molecule has 0 radical (unpaired) electrons. The first-order chi connectivity index (χ1) is 15.2. The van der Waals surface area contributed by atoms with E-state index in [0.717, 1.165) is 16.9 Å². The van der Waals surface area contributed by atoms with Gasteiger partial charge < -0.3 is 14.2 Å². The third kappa shape index (κ3) is 3.97. The molecular formula is C23H22N4O4. The Bertz CT molecular complexity index is 1220. The summed E-state index contributed by atoms with van der Waals surface area (Å²) in [6.45, 7) is 2.39. The van der Waals surface area contributed by atoms with E-state index in [1.807, 2.05) is 41.0 Å². The Balaban J connectivity index is 1.84. The van der Waals surface area contributed by atoms with Crippen LogP contribution >= 0.6 is 0 Å². The van der Waals surface area contributed by atoms with E-state index in [2.05, 4.69) is 9.97 Å². The van der Waals surface area contributed by atoms with Gasteiger partial charge in [-0.15, -0.1) is 0 Å². The zero-order valence-corrected chi connectivity index (χ0v) is 17.5. The topological polar surface area (TPSA) is 88.4 Å². The predicted molar refractivity (Wildman–Crippen MR) is 116 cm³/mol. The van der Waals surface area contributed by atoms with E-state index in [4.69, 9.17) is 19.2 Å². The van der Waals surface area contributed by atoms with Gasteiger partial charge >= 0.3 is 5.97 Å². The van der Waals surface area contributed by atoms with Gasteiger partial charge in [-0.05, 0) is 31.2 Å². The predicted octanol–water partition coefficient (Wildman–Crippen LogP) is 3.95. The normalized spacial score (nSPS) is 10.9. The minimum absolute atomic E-state index is 0.279. The first-order valence-electron chi connectivity index (χ1n) is 9.78. The van der Waals surface area contributed by atoms with Crippen molar-refractivity contribution >= 4 is 17.1 Å². The van der Waals surface area contributed by atoms with Crippen molar-refractivity contribution in [2.75, 3.05) is 20.8 Å². The van der Waals surface area contributed by atoms with E-state index < -0.39 is 0 Å². The molecular weight excluding hydrogens is 396 g/mol. The molecule has 0 aliphatic carbocycles. The fourth-order valence-electron chi connectivity index (χ4n) is 3.36. The highest BCUT2D eigenvalue weighted by Gasteiger charge is 2.19. The molecule has 2 heterocycles. The molecule has 0 spiro atoms. The number of rotatable bonds is 7. The quantitative estimate of drug-likeness (QED) is 0.420. The van der Waals surface area contributed by atoms with Crippen molar-refractivity contribution < 1.29 is 19.0 Å². The number of fused-ring (bicyclic) bond motifs is 1. The van der Waals surface area contributed by atoms with E-state index in [1.54, 1.807) is 33.3 Å². The molecule has 4 aromatic rings. The summed E-state index contributed by atoms with van der Waals surface area (Å²) in [7, 11) is 3.25. The second kappa shape index (κ2) is 8.93. The van der Waals surface area contributed by atoms with Gasteiger partial charge in [-0.25, -0.2) is 19.7 Å². The Hall–Kier alpha value is -3.78. The van der Waals surface area contributed by atoms with Gasteiger partial charge in [0.15, 0.2) is 5.65 Å². The lowest BCUT2D eigenvalue weighted by Crippen LogP contribution is -2.04. The molecule has 2 aromatic heterocycles. The third-order valence-corrected chi connectivity index (χ3v) is 4.79. The van der Waals surface area contributed by atoms with Crippen LogP contribution in [0.15, 0.2) is 54.9 Å². The number of carbonyl (C=O) groups is 1. The van der Waals surface area contributed by atoms with Gasteiger partial charge in [-0.2, -0.15) is 0 Å². The third-order valence-electron chi connectivity index (χ3n) is 4.79. The van der Waals surface area contributed by atoms with Gasteiger partial charge in [0.2, 0.25) is 0 Å². The molecule has 0 N–H and O–H groups in total. The summed E-state index contributed by atoms with van der Waals surface area (Å²) in [5.41, 5.74) is 4.13. The first-order valence-corrected chi connectivity index (χ1v) is 9.78. The molecule has 31 heavy (non-hydrogen) atoms. The van der Waals surface area contributed by atoms with Crippen LogP contribution in [0.5, 0.6) is 5.75 Å². The van der Waals surface area contributed by atoms with Gasteiger partial charge in [0, 0.05) is 18.2 Å². The lowest BCUT2D eigenvalue weighted by Gasteiger charge is -2.08. The second-order valence-corrected chi connectivity index (χ2v) is 6.71. The fraction of sp³-hybridized carbons (Fsp3) is 0.217. The van der Waals surface area contributed by atoms with E-state index in [1.165, 1.54) is 6.33 Å². The van der Waals surface area contributed by atoms with Crippen molar-refractivity contribution in [2.24, 2.45) is 0 Å². The largest absolute Gasteiger partial charge is 0.497 e. The Kier molecular flexibility index (Phi) is 5.90. The van der Waals surface area contributed by atoms with Crippen LogP contribution < -0.4 is 4.74 Å². The van der Waals surface area contributed by atoms with E-state index in [0.29, 0.717) is 34.9 Å². The first kappa shape index (κ1) is 20.5. The molecule has 2 aromatic carbocycles. The number of ether oxygens (including phenoxy) is 3. The van der Waals surface area contributed by atoms with Gasteiger partial charge in [0.25, 0.3) is 0 Å². The van der Waals surface area contributed by atoms with E-state index in [-0.39, 0.29) is 12.7 Å². The van der Waals surface area contributed by atoms with Crippen LogP contribution in [0.1, 0.15) is 17.3 Å². The SMILES string of the molecule is CCOC(=O)c1ccc(-c2ncnc3c2nc(-c2cccc(OC)c2)n3COC)cc1. The lowest BCUT2D eigenvalue weighted by molar-refractivity contribution is 0.0526. The Labute approximate surface area is 179 Å². The summed E-state index contributed by atoms with van der Waals surface area (Å²) in [4.78, 5) is 25.7. The van der Waals surface area contributed by atoms with Crippen molar-refractivity contribution in [3.63, 3.8) is 0 Å². The lowest BCUT2D eigenvalue weighted by atomic mass is 10.1. The van der Waals surface area contributed by atoms with Crippen molar-refractivity contribution in [2.45, 2.75) is 13.7 Å². The number of nitrogens with zero attached hydrogens (tertiary/aromatic N) is 4. The molecule has 0 aliphatic heterocycles. The number of aromatic nitrogens is 4. The number of hydrogen-bond donors (Lipinski definition) is 0. The average molecular weight is 418 g/mol. The molecule has 0 saturated heterocycles. The number of imidazole rings is 1. The Morgan fingerprint density at radius 1 is 1.03 bits per heavy atom. The summed E-state index contributed by atoms with van der Waals surface area (Å²) in [5.74, 6) is 1.07. The zero-order chi connectivity index (χ0) is 21.8. The maximum Gasteiger partial charge on any atom is 0.338 e. The number of carbonyl (C=O) groups excluding carboxylic acids is 1. The molecule has 0 bridgehead atoms. The van der Waals surface area contributed by atoms with E-state index in [9.17, 15) is 4.79 Å². The molecule has 0 amide bonds. The van der Waals surface area contributed by atoms with Crippen molar-refractivity contribution in [3.05, 3.63) is 60.4 Å². The van der Waals surface area contributed by atoms with Crippen LogP contribution in [0.3, 0.4) is 0 Å². The Morgan fingerprint density at radius 2 is 1.84 bits per heavy atom. The molecule has 8 nitrogen and oxygen atoms in total. The van der Waals surface area contributed by atoms with Gasteiger partial charge in [0.1, 0.15) is 35.8 Å². The second-order valence-electron chi connectivity index (χ2n) is 6.71. The summed E-state index contributed by atoms with van der Waals surface area (Å²) in [5, 5.41) is 0. The van der Waals surface area contributed by atoms with Crippen LogP contribution in [0.4, 0.5) is 0 Å². The number of methoxy groups -OCH3 is 2. The standard InChI is InChI=1S/C23H22N4O4/c1-4-31-23(28)16-10-8-15(9-11-16)19-20-22(25-13-24-19)27(14-29-2)21(26-20)17-6-5-7-18(12-17)30-3/h5-13H,4,14H2,1-3H3. The highest BCUT2D eigenvalue weighted by atomic mass is 16.5. The molecule has 0 fully saturated rings. The van der Waals surface area contributed by atoms with Crippen molar-refractivity contribution in [3.8, 4) is 28.4 Å². The maximum atomic E-state index is 11.9. The van der Waals surface area contributed by atoms with Gasteiger partial charge in [0.05, 0.1) is 19.3 Å². The Morgan fingerprint density at radius 3 is 2.55 bits per heavy atom. The van der Waals surface area contributed by atoms with Crippen LogP contribution in [-0.4, -0.2) is 46.3 Å². The van der Waals surface area contributed by atoms with Crippen LogP contribution in [0.2, 0.25) is 0 Å². The summed E-state index contributed by atoms with van der Waals surface area (Å²) in [6, 6.07) is 14.7. The highest BCUT2D eigenvalue weighted by molar-refractivity contribution is 5.92. The number of esters is 1. The molecule has 0 atom stereocenters. The number of benzene rings is 2. The summed E-state index contributed by atoms with van der Waals surface area (Å²) >= 11 is 0. The van der Waals surface area contributed by atoms with E-state index >= 15 is 0 Å². The minimum atomic E-state index is -0.355. The van der Waals surface area contributed by atoms with Gasteiger partial charge in [-0.1, -0.05) is 24.3 Å². The fourth-order valence-corrected chi connectivity index (χ4v) is 3.36. The molecule has 4 rings (SSSR count). The minimum Gasteiger partial charge on any atom is -0.497 e. The van der Waals surface area contributed by atoms with Crippen molar-refractivity contribution in [1.29, 1.82) is 0 Å². The maximum absolute atomic E-state index is 11.9. The van der Waals surface area contributed by atoms with Gasteiger partial charge in [-0.3, -0.25) is 4.57 Å². The van der Waals surface area contributed by atoms with Crippen LogP contribution in [0.25, 0.3) is 33.8 Å². The summed E-state index contributed by atoms with van der Waals surface area (Å²) in [6.07, 6.45) is 1.50. The van der Waals surface area contributed by atoms with Crippen molar-refractivity contribution in [1.82, 2.24) is 19.5 Å². The smallest absolute Gasteiger partial charge is 0.338 e. The highest BCUT2D eigenvalue weighted by Crippen LogP contribution is 2.31. The molecule has 0 aliphatic rings. The molecule has 0 saturated carbocycles. The molecule has 8 heteroatoms.